The second kappa shape index (κ2) is 10.7. The van der Waals surface area contributed by atoms with Crippen LogP contribution in [-0.2, 0) is 16.1 Å². The second-order valence-electron chi connectivity index (χ2n) is 7.77. The summed E-state index contributed by atoms with van der Waals surface area (Å²) in [4.78, 5) is 32.9. The first-order chi connectivity index (χ1) is 16.5. The van der Waals surface area contributed by atoms with E-state index >= 15 is 0 Å². The van der Waals surface area contributed by atoms with E-state index in [0.29, 0.717) is 61.4 Å². The van der Waals surface area contributed by atoms with E-state index in [2.05, 4.69) is 20.4 Å². The van der Waals surface area contributed by atoms with Crippen LogP contribution in [-0.4, -0.2) is 61.3 Å². The van der Waals surface area contributed by atoms with Crippen LogP contribution in [0, 0.1) is 5.92 Å². The van der Waals surface area contributed by atoms with Crippen LogP contribution in [0.15, 0.2) is 34.2 Å². The number of nitrogens with one attached hydrogen (secondary N) is 1. The van der Waals surface area contributed by atoms with Gasteiger partial charge in [0.05, 0.1) is 44.0 Å². The minimum atomic E-state index is -0.576. The number of benzene rings is 1. The number of hydrogen-bond donors (Lipinski definition) is 1. The zero-order chi connectivity index (χ0) is 24.1. The fourth-order valence-corrected chi connectivity index (χ4v) is 4.51. The fraction of sp³-hybridized carbons (Fsp3) is 0.391. The lowest BCUT2D eigenvalue weighted by atomic mass is 9.95. The maximum Gasteiger partial charge on any atom is 0.340 e. The molecule has 3 heterocycles. The molecule has 0 bridgehead atoms. The quantitative estimate of drug-likeness (QED) is 0.478. The Morgan fingerprint density at radius 3 is 2.56 bits per heavy atom. The van der Waals surface area contributed by atoms with Gasteiger partial charge in [0.15, 0.2) is 11.5 Å². The summed E-state index contributed by atoms with van der Waals surface area (Å²) in [5, 5.41) is 8.89. The third-order valence-electron chi connectivity index (χ3n) is 5.71. The summed E-state index contributed by atoms with van der Waals surface area (Å²) in [5.74, 6) is 0.996. The minimum Gasteiger partial charge on any atom is -0.493 e. The number of esters is 1. The van der Waals surface area contributed by atoms with Crippen molar-refractivity contribution in [2.45, 2.75) is 19.4 Å². The number of carbonyl (C=O) groups is 2. The van der Waals surface area contributed by atoms with Crippen molar-refractivity contribution in [1.82, 2.24) is 15.0 Å². The molecule has 180 valence electrons. The molecule has 3 aromatic rings. The van der Waals surface area contributed by atoms with Crippen molar-refractivity contribution in [1.29, 1.82) is 0 Å². The van der Waals surface area contributed by atoms with Gasteiger partial charge in [-0.2, -0.15) is 4.98 Å². The van der Waals surface area contributed by atoms with Crippen molar-refractivity contribution in [2.75, 3.05) is 39.7 Å². The van der Waals surface area contributed by atoms with E-state index in [4.69, 9.17) is 18.7 Å². The zero-order valence-corrected chi connectivity index (χ0v) is 20.0. The Labute approximate surface area is 200 Å². The molecule has 0 aliphatic carbocycles. The van der Waals surface area contributed by atoms with Gasteiger partial charge in [0.2, 0.25) is 17.6 Å². The molecule has 1 saturated heterocycles. The average molecular weight is 487 g/mol. The van der Waals surface area contributed by atoms with Crippen LogP contribution >= 0.6 is 11.3 Å². The molecule has 1 fully saturated rings. The van der Waals surface area contributed by atoms with E-state index < -0.39 is 5.97 Å². The van der Waals surface area contributed by atoms with Gasteiger partial charge < -0.3 is 24.1 Å². The molecular formula is C23H26N4O6S. The molecule has 1 amide bonds. The normalized spacial score (nSPS) is 14.6. The van der Waals surface area contributed by atoms with Crippen LogP contribution in [0.3, 0.4) is 0 Å². The van der Waals surface area contributed by atoms with E-state index in [1.54, 1.807) is 17.4 Å². The number of methoxy groups -OCH3 is 3. The number of thiophene rings is 1. The largest absolute Gasteiger partial charge is 0.493 e. The van der Waals surface area contributed by atoms with Crippen molar-refractivity contribution >= 4 is 28.9 Å². The van der Waals surface area contributed by atoms with Crippen LogP contribution in [0.2, 0.25) is 0 Å². The Morgan fingerprint density at radius 2 is 1.91 bits per heavy atom. The Balaban J connectivity index is 1.37. The molecule has 0 unspecified atom stereocenters. The molecule has 10 nitrogen and oxygen atoms in total. The van der Waals surface area contributed by atoms with Gasteiger partial charge in [0.1, 0.15) is 0 Å². The highest BCUT2D eigenvalue weighted by Gasteiger charge is 2.28. The highest BCUT2D eigenvalue weighted by atomic mass is 32.1. The lowest BCUT2D eigenvalue weighted by Crippen LogP contribution is -2.38. The van der Waals surface area contributed by atoms with Crippen LogP contribution in [0.5, 0.6) is 11.5 Å². The van der Waals surface area contributed by atoms with Crippen molar-refractivity contribution < 1.29 is 28.3 Å². The minimum absolute atomic E-state index is 0.158. The molecular weight excluding hydrogens is 460 g/mol. The molecule has 1 aliphatic rings. The number of carbonyl (C=O) groups excluding carboxylic acids is 2. The van der Waals surface area contributed by atoms with E-state index in [1.165, 1.54) is 27.4 Å². The summed E-state index contributed by atoms with van der Waals surface area (Å²) < 4.78 is 20.8. The van der Waals surface area contributed by atoms with Crippen LogP contribution in [0.4, 0.5) is 5.69 Å². The molecule has 34 heavy (non-hydrogen) atoms. The molecule has 4 rings (SSSR count). The van der Waals surface area contributed by atoms with Gasteiger partial charge in [-0.05, 0) is 37.4 Å². The first kappa shape index (κ1) is 23.7. The lowest BCUT2D eigenvalue weighted by molar-refractivity contribution is -0.121. The number of rotatable bonds is 8. The van der Waals surface area contributed by atoms with Crippen molar-refractivity contribution in [3.63, 3.8) is 0 Å². The Kier molecular flexibility index (Phi) is 7.43. The van der Waals surface area contributed by atoms with E-state index in [1.807, 2.05) is 17.5 Å². The molecule has 1 N–H and O–H groups in total. The Hall–Kier alpha value is -3.44. The highest BCUT2D eigenvalue weighted by Crippen LogP contribution is 2.34. The van der Waals surface area contributed by atoms with Crippen molar-refractivity contribution in [3.8, 4) is 22.2 Å². The number of ether oxygens (including phenoxy) is 3. The SMILES string of the molecule is COC(=O)c1cc(OC)c(OC)cc1NC(=O)C1CCN(Cc2nc(-c3cccs3)no2)CC1. The topological polar surface area (TPSA) is 116 Å². The van der Waals surface area contributed by atoms with Gasteiger partial charge in [0, 0.05) is 18.1 Å². The predicted molar refractivity (Wildman–Crippen MR) is 125 cm³/mol. The van der Waals surface area contributed by atoms with Crippen LogP contribution in [0.1, 0.15) is 29.1 Å². The summed E-state index contributed by atoms with van der Waals surface area (Å²) in [5.41, 5.74) is 0.521. The first-order valence-corrected chi connectivity index (χ1v) is 11.6. The van der Waals surface area contributed by atoms with E-state index in [0.717, 1.165) is 4.88 Å². The second-order valence-corrected chi connectivity index (χ2v) is 8.72. The summed E-state index contributed by atoms with van der Waals surface area (Å²) >= 11 is 1.56. The number of likely N-dealkylation sites (tertiary alicyclic amines) is 1. The number of amides is 1. The number of nitrogens with zero attached hydrogens (tertiary/aromatic N) is 3. The maximum atomic E-state index is 13.0. The standard InChI is InChI=1S/C23H26N4O6S/c1-30-17-11-15(23(29)32-3)16(12-18(17)31-2)24-22(28)14-6-8-27(9-7-14)13-20-25-21(26-33-20)19-5-4-10-34-19/h4-5,10-12,14H,6-9,13H2,1-3H3,(H,24,28). The lowest BCUT2D eigenvalue weighted by Gasteiger charge is -2.30. The predicted octanol–water partition coefficient (Wildman–Crippen LogP) is 3.45. The number of aromatic nitrogens is 2. The smallest absolute Gasteiger partial charge is 0.340 e. The molecule has 0 atom stereocenters. The van der Waals surface area contributed by atoms with Gasteiger partial charge in [-0.3, -0.25) is 9.69 Å². The molecule has 0 spiro atoms. The molecule has 0 radical (unpaired) electrons. The average Bonchev–Trinajstić information content (AvgIpc) is 3.56. The van der Waals surface area contributed by atoms with Gasteiger partial charge in [-0.15, -0.1) is 11.3 Å². The molecule has 2 aromatic heterocycles. The summed E-state index contributed by atoms with van der Waals surface area (Å²) in [6.07, 6.45) is 1.33. The fourth-order valence-electron chi connectivity index (χ4n) is 3.87. The van der Waals surface area contributed by atoms with Crippen molar-refractivity contribution in [3.05, 3.63) is 41.1 Å². The first-order valence-electron chi connectivity index (χ1n) is 10.8. The molecule has 11 heteroatoms. The number of anilines is 1. The van der Waals surface area contributed by atoms with Crippen LogP contribution < -0.4 is 14.8 Å². The van der Waals surface area contributed by atoms with Gasteiger partial charge in [-0.25, -0.2) is 4.79 Å². The van der Waals surface area contributed by atoms with E-state index in [-0.39, 0.29) is 17.4 Å². The highest BCUT2D eigenvalue weighted by molar-refractivity contribution is 7.13. The van der Waals surface area contributed by atoms with Gasteiger partial charge in [-0.1, -0.05) is 11.2 Å². The molecule has 1 aromatic carbocycles. The van der Waals surface area contributed by atoms with E-state index in [9.17, 15) is 9.59 Å². The maximum absolute atomic E-state index is 13.0. The Bertz CT molecular complexity index is 1140. The van der Waals surface area contributed by atoms with Gasteiger partial charge in [0.25, 0.3) is 0 Å². The summed E-state index contributed by atoms with van der Waals surface area (Å²) in [7, 11) is 4.25. The van der Waals surface area contributed by atoms with Crippen LogP contribution in [0.25, 0.3) is 10.7 Å². The monoisotopic (exact) mass is 486 g/mol. The van der Waals surface area contributed by atoms with Crippen molar-refractivity contribution in [2.24, 2.45) is 5.92 Å². The molecule has 0 saturated carbocycles. The Morgan fingerprint density at radius 1 is 1.18 bits per heavy atom. The molecule has 1 aliphatic heterocycles. The third kappa shape index (κ3) is 5.20. The number of piperidine rings is 1. The summed E-state index contributed by atoms with van der Waals surface area (Å²) in [6, 6.07) is 6.96. The number of hydrogen-bond acceptors (Lipinski definition) is 10. The summed E-state index contributed by atoms with van der Waals surface area (Å²) in [6.45, 7) is 1.96. The van der Waals surface area contributed by atoms with Gasteiger partial charge >= 0.3 is 5.97 Å². The third-order valence-corrected chi connectivity index (χ3v) is 6.58. The zero-order valence-electron chi connectivity index (χ0n) is 19.2.